The summed E-state index contributed by atoms with van der Waals surface area (Å²) in [6, 6.07) is 1.81. The Hall–Kier alpha value is -2.68. The molecule has 0 aliphatic heterocycles. The van der Waals surface area contributed by atoms with Gasteiger partial charge in [-0.3, -0.25) is 0 Å². The number of nitrogens with zero attached hydrogens (tertiary/aromatic N) is 8. The Labute approximate surface area is 124 Å². The minimum Gasteiger partial charge on any atom is -0.348 e. The zero-order chi connectivity index (χ0) is 14.7. The van der Waals surface area contributed by atoms with Crippen LogP contribution in [0.5, 0.6) is 0 Å². The van der Waals surface area contributed by atoms with Crippen LogP contribution in [0.4, 0.5) is 5.95 Å². The molecule has 1 N–H and O–H groups in total. The number of rotatable bonds is 4. The molecule has 3 aromatic heterocycles. The van der Waals surface area contributed by atoms with Crippen LogP contribution in [0.1, 0.15) is 11.5 Å². The summed E-state index contributed by atoms with van der Waals surface area (Å²) < 4.78 is 1.40. The molecule has 10 heteroatoms. The topological polar surface area (TPSA) is 107 Å². The summed E-state index contributed by atoms with van der Waals surface area (Å²) in [6.07, 6.45) is 4.55. The first kappa shape index (κ1) is 13.3. The molecule has 106 valence electrons. The van der Waals surface area contributed by atoms with Crippen molar-refractivity contribution in [3.05, 3.63) is 41.7 Å². The fraction of sp³-hybridized carbons (Fsp3) is 0.182. The quantitative estimate of drug-likeness (QED) is 0.754. The summed E-state index contributed by atoms with van der Waals surface area (Å²) in [5.74, 6) is 1.32. The van der Waals surface area contributed by atoms with Crippen LogP contribution in [0, 0.1) is 6.92 Å². The Balaban J connectivity index is 1.79. The van der Waals surface area contributed by atoms with Crippen molar-refractivity contribution in [1.82, 2.24) is 39.7 Å². The predicted octanol–water partition coefficient (Wildman–Crippen LogP) is 0.816. The zero-order valence-corrected chi connectivity index (χ0v) is 11.7. The largest absolute Gasteiger partial charge is 0.348 e. The number of halogens is 1. The molecule has 0 aliphatic rings. The molecule has 3 rings (SSSR count). The highest BCUT2D eigenvalue weighted by atomic mass is 35.5. The van der Waals surface area contributed by atoms with E-state index in [0.29, 0.717) is 18.3 Å². The van der Waals surface area contributed by atoms with E-state index in [-0.39, 0.29) is 11.2 Å². The van der Waals surface area contributed by atoms with Gasteiger partial charge >= 0.3 is 0 Å². The summed E-state index contributed by atoms with van der Waals surface area (Å²) in [4.78, 5) is 24.4. The van der Waals surface area contributed by atoms with Crippen LogP contribution in [0.2, 0.25) is 5.28 Å². The second kappa shape index (κ2) is 5.75. The van der Waals surface area contributed by atoms with Crippen LogP contribution in [0.25, 0.3) is 5.95 Å². The maximum atomic E-state index is 5.88. The van der Waals surface area contributed by atoms with Gasteiger partial charge in [0.1, 0.15) is 18.5 Å². The molecule has 0 aliphatic carbocycles. The van der Waals surface area contributed by atoms with Crippen molar-refractivity contribution in [1.29, 1.82) is 0 Å². The molecule has 21 heavy (non-hydrogen) atoms. The first-order valence-electron chi connectivity index (χ1n) is 6.00. The van der Waals surface area contributed by atoms with Crippen molar-refractivity contribution >= 4 is 17.5 Å². The number of aryl methyl sites for hydroxylation is 1. The summed E-state index contributed by atoms with van der Waals surface area (Å²) in [7, 11) is 0. The van der Waals surface area contributed by atoms with Gasteiger partial charge in [0.15, 0.2) is 0 Å². The molecule has 0 spiro atoms. The van der Waals surface area contributed by atoms with Crippen molar-refractivity contribution in [3.8, 4) is 5.95 Å². The normalized spacial score (nSPS) is 10.6. The van der Waals surface area contributed by atoms with Gasteiger partial charge in [0, 0.05) is 6.20 Å². The third kappa shape index (κ3) is 3.26. The third-order valence-electron chi connectivity index (χ3n) is 2.48. The summed E-state index contributed by atoms with van der Waals surface area (Å²) >= 11 is 5.88. The van der Waals surface area contributed by atoms with Gasteiger partial charge in [0.05, 0.1) is 12.2 Å². The Morgan fingerprint density at radius 1 is 1.24 bits per heavy atom. The van der Waals surface area contributed by atoms with Gasteiger partial charge in [-0.15, -0.1) is 0 Å². The van der Waals surface area contributed by atoms with Crippen LogP contribution in [-0.2, 0) is 6.54 Å². The van der Waals surface area contributed by atoms with E-state index < -0.39 is 0 Å². The molecule has 0 radical (unpaired) electrons. The van der Waals surface area contributed by atoms with Crippen molar-refractivity contribution in [3.63, 3.8) is 0 Å². The van der Waals surface area contributed by atoms with Crippen molar-refractivity contribution in [2.24, 2.45) is 0 Å². The zero-order valence-electron chi connectivity index (χ0n) is 11.0. The summed E-state index contributed by atoms with van der Waals surface area (Å²) in [5, 5.41) is 7.04. The lowest BCUT2D eigenvalue weighted by Crippen LogP contribution is -2.10. The van der Waals surface area contributed by atoms with E-state index in [1.54, 1.807) is 12.3 Å². The second-order valence-corrected chi connectivity index (χ2v) is 4.35. The van der Waals surface area contributed by atoms with Crippen molar-refractivity contribution in [2.75, 3.05) is 5.32 Å². The van der Waals surface area contributed by atoms with Gasteiger partial charge in [0.2, 0.25) is 11.2 Å². The standard InChI is InChI=1S/C11H10ClN9/c1-7-14-3-2-8(17-7)4-15-10-18-9(12)19-11(20-10)21-6-13-5-16-21/h2-3,5-6H,4H2,1H3,(H,15,18,19,20). The van der Waals surface area contributed by atoms with Crippen LogP contribution in [0.3, 0.4) is 0 Å². The molecule has 0 saturated heterocycles. The summed E-state index contributed by atoms with van der Waals surface area (Å²) in [5.41, 5.74) is 0.821. The second-order valence-electron chi connectivity index (χ2n) is 4.02. The Kier molecular flexibility index (Phi) is 3.65. The number of hydrogen-bond donors (Lipinski definition) is 1. The monoisotopic (exact) mass is 303 g/mol. The van der Waals surface area contributed by atoms with Crippen LogP contribution < -0.4 is 5.32 Å². The minimum atomic E-state index is 0.0665. The van der Waals surface area contributed by atoms with Crippen molar-refractivity contribution in [2.45, 2.75) is 13.5 Å². The molecule has 0 amide bonds. The Morgan fingerprint density at radius 2 is 2.14 bits per heavy atom. The molecule has 3 heterocycles. The highest BCUT2D eigenvalue weighted by Crippen LogP contribution is 2.09. The number of aromatic nitrogens is 8. The average Bonchev–Trinajstić information content (AvgIpc) is 2.99. The summed E-state index contributed by atoms with van der Waals surface area (Å²) in [6.45, 7) is 2.27. The van der Waals surface area contributed by atoms with Gasteiger partial charge in [0.25, 0.3) is 5.95 Å². The Morgan fingerprint density at radius 3 is 2.90 bits per heavy atom. The third-order valence-corrected chi connectivity index (χ3v) is 2.65. The van der Waals surface area contributed by atoms with E-state index in [1.165, 1.54) is 17.3 Å². The minimum absolute atomic E-state index is 0.0665. The van der Waals surface area contributed by atoms with Crippen LogP contribution in [-0.4, -0.2) is 39.7 Å². The fourth-order valence-electron chi connectivity index (χ4n) is 1.61. The molecule has 0 atom stereocenters. The van der Waals surface area contributed by atoms with E-state index in [1.807, 2.05) is 6.92 Å². The molecule has 0 bridgehead atoms. The van der Waals surface area contributed by atoms with Gasteiger partial charge in [-0.25, -0.2) is 15.0 Å². The molecule has 0 saturated carbocycles. The molecular weight excluding hydrogens is 294 g/mol. The number of anilines is 1. The smallest absolute Gasteiger partial charge is 0.258 e. The van der Waals surface area contributed by atoms with Crippen LogP contribution in [0.15, 0.2) is 24.9 Å². The highest BCUT2D eigenvalue weighted by molar-refractivity contribution is 6.28. The lowest BCUT2D eigenvalue weighted by Gasteiger charge is -2.06. The SMILES string of the molecule is Cc1nccc(CNc2nc(Cl)nc(-n3cncn3)n2)n1. The molecule has 0 aromatic carbocycles. The van der Waals surface area contributed by atoms with E-state index >= 15 is 0 Å². The van der Waals surface area contributed by atoms with E-state index in [4.69, 9.17) is 11.6 Å². The Bertz CT molecular complexity index is 743. The predicted molar refractivity (Wildman–Crippen MR) is 73.8 cm³/mol. The lowest BCUT2D eigenvalue weighted by atomic mass is 10.4. The molecule has 9 nitrogen and oxygen atoms in total. The molecular formula is C11H10ClN9. The van der Waals surface area contributed by atoms with E-state index in [9.17, 15) is 0 Å². The van der Waals surface area contributed by atoms with Crippen molar-refractivity contribution < 1.29 is 0 Å². The molecule has 3 aromatic rings. The van der Waals surface area contributed by atoms with Gasteiger partial charge in [-0.1, -0.05) is 0 Å². The molecule has 0 unspecified atom stereocenters. The maximum Gasteiger partial charge on any atom is 0.258 e. The van der Waals surface area contributed by atoms with Crippen LogP contribution >= 0.6 is 11.6 Å². The van der Waals surface area contributed by atoms with E-state index in [2.05, 4.69) is 40.3 Å². The molecule has 0 fully saturated rings. The van der Waals surface area contributed by atoms with Gasteiger partial charge < -0.3 is 5.32 Å². The lowest BCUT2D eigenvalue weighted by molar-refractivity contribution is 0.792. The van der Waals surface area contributed by atoms with E-state index in [0.717, 1.165) is 5.69 Å². The number of hydrogen-bond acceptors (Lipinski definition) is 8. The maximum absolute atomic E-state index is 5.88. The van der Waals surface area contributed by atoms with Gasteiger partial charge in [-0.05, 0) is 24.6 Å². The highest BCUT2D eigenvalue weighted by Gasteiger charge is 2.07. The first-order valence-corrected chi connectivity index (χ1v) is 6.37. The first-order chi connectivity index (χ1) is 10.2. The van der Waals surface area contributed by atoms with Gasteiger partial charge in [-0.2, -0.15) is 24.7 Å². The average molecular weight is 304 g/mol. The number of nitrogens with one attached hydrogen (secondary N) is 1. The fourth-order valence-corrected chi connectivity index (χ4v) is 1.76.